The van der Waals surface area contributed by atoms with Gasteiger partial charge in [-0.05, 0) is 62.4 Å². The number of thioether (sulfide) groups is 1. The van der Waals surface area contributed by atoms with Crippen LogP contribution in [0.15, 0.2) is 79.9 Å². The number of anilines is 1. The summed E-state index contributed by atoms with van der Waals surface area (Å²) in [6, 6.07) is 15.8. The number of likely N-dealkylation sites (tertiary alicyclic amines) is 1. The first kappa shape index (κ1) is 34.8. The second-order valence-electron chi connectivity index (χ2n) is 13.3. The van der Waals surface area contributed by atoms with E-state index in [9.17, 15) is 19.5 Å². The van der Waals surface area contributed by atoms with Crippen molar-refractivity contribution in [1.29, 1.82) is 0 Å². The number of ether oxygens (including phenoxy) is 1. The highest BCUT2D eigenvalue weighted by Crippen LogP contribution is 2.72. The fourth-order valence-corrected chi connectivity index (χ4v) is 10.4. The molecule has 3 saturated heterocycles. The lowest BCUT2D eigenvalue weighted by Gasteiger charge is -2.41. The van der Waals surface area contributed by atoms with Gasteiger partial charge in [0.15, 0.2) is 0 Å². The molecule has 5 rings (SSSR count). The van der Waals surface area contributed by atoms with Crippen molar-refractivity contribution in [3.8, 4) is 5.75 Å². The Morgan fingerprint density at radius 2 is 1.74 bits per heavy atom. The maximum Gasteiger partial charge on any atom is 0.247 e. The van der Waals surface area contributed by atoms with Gasteiger partial charge < -0.3 is 24.5 Å². The van der Waals surface area contributed by atoms with Crippen molar-refractivity contribution in [1.82, 2.24) is 9.80 Å². The zero-order chi connectivity index (χ0) is 33.9. The highest BCUT2D eigenvalue weighted by Gasteiger charge is 2.78. The third-order valence-electron chi connectivity index (χ3n) is 10.5. The molecule has 3 amide bonds. The summed E-state index contributed by atoms with van der Waals surface area (Å²) in [7, 11) is 0. The molecule has 0 aromatic heterocycles. The monoisotopic (exact) mass is 659 g/mol. The van der Waals surface area contributed by atoms with Crippen molar-refractivity contribution in [2.45, 2.75) is 75.1 Å². The van der Waals surface area contributed by atoms with E-state index in [0.717, 1.165) is 12.0 Å². The second kappa shape index (κ2) is 14.3. The number of nitrogens with zero attached hydrogens (tertiary/aromatic N) is 3. The minimum Gasteiger partial charge on any atom is -0.494 e. The van der Waals surface area contributed by atoms with Gasteiger partial charge in [0.1, 0.15) is 11.8 Å². The molecule has 0 aliphatic carbocycles. The Labute approximate surface area is 283 Å². The van der Waals surface area contributed by atoms with Crippen LogP contribution in [-0.4, -0.2) is 80.5 Å². The van der Waals surface area contributed by atoms with Crippen LogP contribution in [0.5, 0.6) is 5.75 Å². The van der Waals surface area contributed by atoms with Gasteiger partial charge in [0.2, 0.25) is 17.7 Å². The van der Waals surface area contributed by atoms with Crippen LogP contribution in [0.3, 0.4) is 0 Å². The lowest BCUT2D eigenvalue weighted by Crippen LogP contribution is -2.58. The summed E-state index contributed by atoms with van der Waals surface area (Å²) in [5.41, 5.74) is 1.68. The van der Waals surface area contributed by atoms with Crippen molar-refractivity contribution in [3.63, 3.8) is 0 Å². The molecule has 47 heavy (non-hydrogen) atoms. The molecule has 9 heteroatoms. The van der Waals surface area contributed by atoms with E-state index in [-0.39, 0.29) is 36.8 Å². The Balaban J connectivity index is 1.59. The largest absolute Gasteiger partial charge is 0.494 e. The molecule has 1 N–H and O–H groups in total. The van der Waals surface area contributed by atoms with Crippen LogP contribution < -0.4 is 9.64 Å². The molecule has 3 aliphatic heterocycles. The van der Waals surface area contributed by atoms with Crippen LogP contribution in [0.1, 0.15) is 52.5 Å². The summed E-state index contributed by atoms with van der Waals surface area (Å²) in [4.78, 5) is 49.9. The van der Waals surface area contributed by atoms with Crippen molar-refractivity contribution in [2.75, 3.05) is 31.2 Å². The van der Waals surface area contributed by atoms with Crippen LogP contribution in [0.25, 0.3) is 0 Å². The number of aliphatic hydroxyl groups is 1. The molecule has 0 saturated carbocycles. The Kier molecular flexibility index (Phi) is 10.6. The average Bonchev–Trinajstić information content (AvgIpc) is 3.65. The first-order valence-electron chi connectivity index (χ1n) is 16.8. The number of fused-ring (bicyclic) bond motifs is 1. The summed E-state index contributed by atoms with van der Waals surface area (Å²) in [6.07, 6.45) is 5.48. The van der Waals surface area contributed by atoms with Crippen LogP contribution in [0, 0.1) is 17.8 Å². The van der Waals surface area contributed by atoms with E-state index in [1.165, 1.54) is 0 Å². The third kappa shape index (κ3) is 6.13. The van der Waals surface area contributed by atoms with Crippen LogP contribution in [-0.2, 0) is 20.9 Å². The Morgan fingerprint density at radius 3 is 2.34 bits per heavy atom. The molecular weight excluding hydrogens is 611 g/mol. The summed E-state index contributed by atoms with van der Waals surface area (Å²) in [5, 5.41) is 10.8. The maximum absolute atomic E-state index is 14.9. The van der Waals surface area contributed by atoms with E-state index in [2.05, 4.69) is 20.1 Å². The number of hydrogen-bond donors (Lipinski definition) is 1. The third-order valence-corrected chi connectivity index (χ3v) is 12.5. The number of carbonyl (C=O) groups excluding carboxylic acids is 3. The van der Waals surface area contributed by atoms with Crippen molar-refractivity contribution in [2.24, 2.45) is 17.8 Å². The minimum atomic E-state index is -0.822. The summed E-state index contributed by atoms with van der Waals surface area (Å²) in [5.74, 6) is -1.21. The van der Waals surface area contributed by atoms with Gasteiger partial charge in [-0.25, -0.2) is 0 Å². The van der Waals surface area contributed by atoms with Crippen LogP contribution >= 0.6 is 11.8 Å². The molecule has 2 unspecified atom stereocenters. The molecule has 3 heterocycles. The normalized spacial score (nSPS) is 27.2. The molecule has 3 fully saturated rings. The topological polar surface area (TPSA) is 90.4 Å². The number of rotatable bonds is 15. The standard InChI is InChI=1S/C38H49N3O5S/c1-7-22-39(24-27-14-12-11-13-15-27)36(45)33-38-21-20-37(6,47-38)31(32(38)35(44)41(33)30(25-42)26(5)9-3)34(43)40(23-8-2)28-16-18-29(19-17-28)46-10-4/h7-8,11-19,26,30-33,42H,1-2,9-10,20-25H2,3-6H3/t26-,30-,31-,32-,33?,37+,38?/m0/s1. The molecule has 2 aromatic carbocycles. The molecule has 3 aliphatic rings. The van der Waals surface area contributed by atoms with E-state index >= 15 is 0 Å². The van der Waals surface area contributed by atoms with E-state index in [0.29, 0.717) is 44.0 Å². The number of benzene rings is 2. The van der Waals surface area contributed by atoms with Gasteiger partial charge in [0.25, 0.3) is 0 Å². The van der Waals surface area contributed by atoms with E-state index < -0.39 is 33.4 Å². The minimum absolute atomic E-state index is 0.0514. The van der Waals surface area contributed by atoms with Crippen LogP contribution in [0.2, 0.25) is 0 Å². The van der Waals surface area contributed by atoms with E-state index in [1.54, 1.807) is 38.6 Å². The maximum atomic E-state index is 14.9. The Hall–Kier alpha value is -3.56. The SMILES string of the molecule is C=CCN(Cc1ccccc1)C(=O)C1N([C@@H](CO)[C@@H](C)CC)C(=O)[C@@H]2[C@@H](C(=O)N(CC=C)c3ccc(OCC)cc3)[C@@]3(C)CCC12S3. The fourth-order valence-electron chi connectivity index (χ4n) is 8.06. The van der Waals surface area contributed by atoms with E-state index in [1.807, 2.05) is 75.4 Å². The molecule has 7 atom stereocenters. The lowest BCUT2D eigenvalue weighted by molar-refractivity contribution is -0.147. The average molecular weight is 660 g/mol. The number of hydrogen-bond acceptors (Lipinski definition) is 6. The first-order chi connectivity index (χ1) is 22.6. The van der Waals surface area contributed by atoms with Gasteiger partial charge in [-0.3, -0.25) is 14.4 Å². The van der Waals surface area contributed by atoms with Gasteiger partial charge in [0, 0.05) is 30.1 Å². The zero-order valence-corrected chi connectivity index (χ0v) is 29.0. The smallest absolute Gasteiger partial charge is 0.247 e. The van der Waals surface area contributed by atoms with Crippen molar-refractivity contribution < 1.29 is 24.2 Å². The summed E-state index contributed by atoms with van der Waals surface area (Å²) >= 11 is 1.65. The molecule has 2 bridgehead atoms. The lowest BCUT2D eigenvalue weighted by atomic mass is 9.66. The Bertz CT molecular complexity index is 1470. The summed E-state index contributed by atoms with van der Waals surface area (Å²) < 4.78 is 4.28. The predicted molar refractivity (Wildman–Crippen MR) is 188 cm³/mol. The number of amides is 3. The highest BCUT2D eigenvalue weighted by molar-refractivity contribution is 8.02. The van der Waals surface area contributed by atoms with Gasteiger partial charge >= 0.3 is 0 Å². The van der Waals surface area contributed by atoms with Gasteiger partial charge in [-0.2, -0.15) is 0 Å². The predicted octanol–water partition coefficient (Wildman–Crippen LogP) is 5.71. The molecule has 8 nitrogen and oxygen atoms in total. The first-order valence-corrected chi connectivity index (χ1v) is 17.6. The second-order valence-corrected chi connectivity index (χ2v) is 15.2. The molecule has 1 spiro atoms. The summed E-state index contributed by atoms with van der Waals surface area (Å²) in [6.45, 7) is 17.1. The molecule has 252 valence electrons. The molecule has 0 radical (unpaired) electrons. The van der Waals surface area contributed by atoms with Crippen LogP contribution in [0.4, 0.5) is 5.69 Å². The molecular formula is C38H49N3O5S. The quantitative estimate of drug-likeness (QED) is 0.247. The zero-order valence-electron chi connectivity index (χ0n) is 28.1. The van der Waals surface area contributed by atoms with E-state index in [4.69, 9.17) is 4.74 Å². The van der Waals surface area contributed by atoms with Gasteiger partial charge in [0.05, 0.1) is 35.8 Å². The van der Waals surface area contributed by atoms with Crippen molar-refractivity contribution in [3.05, 3.63) is 85.5 Å². The highest BCUT2D eigenvalue weighted by atomic mass is 32.2. The fraction of sp³-hybridized carbons (Fsp3) is 0.500. The van der Waals surface area contributed by atoms with Crippen molar-refractivity contribution >= 4 is 35.2 Å². The number of carbonyl (C=O) groups is 3. The molecule has 2 aromatic rings. The van der Waals surface area contributed by atoms with Gasteiger partial charge in [-0.1, -0.05) is 62.8 Å². The Morgan fingerprint density at radius 1 is 1.06 bits per heavy atom. The number of aliphatic hydroxyl groups excluding tert-OH is 1. The van der Waals surface area contributed by atoms with Gasteiger partial charge in [-0.15, -0.1) is 24.9 Å².